The number of rotatable bonds is 1. The number of anilines is 2. The number of morpholine rings is 1. The number of piperidine rings is 1. The Bertz CT molecular complexity index is 471. The van der Waals surface area contributed by atoms with Gasteiger partial charge in [-0.15, -0.1) is 0 Å². The van der Waals surface area contributed by atoms with Gasteiger partial charge in [-0.3, -0.25) is 4.90 Å². The van der Waals surface area contributed by atoms with Crippen molar-refractivity contribution in [3.05, 3.63) is 11.3 Å². The van der Waals surface area contributed by atoms with Crippen molar-refractivity contribution < 1.29 is 4.74 Å². The Hall–Kier alpha value is -1.11. The Kier molecular flexibility index (Phi) is 3.47. The lowest BCUT2D eigenvalue weighted by Gasteiger charge is -2.46. The van der Waals surface area contributed by atoms with Crippen LogP contribution in [0.15, 0.2) is 6.33 Å². The van der Waals surface area contributed by atoms with Gasteiger partial charge in [0.2, 0.25) is 0 Å². The molecule has 0 aromatic carbocycles. The minimum Gasteiger partial charge on any atom is -0.382 e. The molecule has 2 saturated heterocycles. The molecule has 2 aliphatic rings. The van der Waals surface area contributed by atoms with E-state index in [4.69, 9.17) is 22.1 Å². The van der Waals surface area contributed by atoms with Crippen molar-refractivity contribution >= 4 is 23.2 Å². The first-order valence-electron chi connectivity index (χ1n) is 6.49. The number of aromatic nitrogens is 2. The molecule has 2 atom stereocenters. The van der Waals surface area contributed by atoms with E-state index >= 15 is 0 Å². The van der Waals surface area contributed by atoms with E-state index in [1.165, 1.54) is 6.33 Å². The van der Waals surface area contributed by atoms with Gasteiger partial charge in [0.25, 0.3) is 0 Å². The van der Waals surface area contributed by atoms with Crippen LogP contribution >= 0.6 is 11.6 Å². The Balaban J connectivity index is 1.81. The Labute approximate surface area is 117 Å². The summed E-state index contributed by atoms with van der Waals surface area (Å²) in [6.45, 7) is 3.52. The molecule has 19 heavy (non-hydrogen) atoms. The molecule has 1 aromatic heterocycles. The van der Waals surface area contributed by atoms with E-state index in [0.717, 1.165) is 38.5 Å². The lowest BCUT2D eigenvalue weighted by atomic mass is 9.99. The predicted octanol–water partition coefficient (Wildman–Crippen LogP) is 0.621. The van der Waals surface area contributed by atoms with Crippen LogP contribution in [0.4, 0.5) is 11.6 Å². The van der Waals surface area contributed by atoms with E-state index in [1.807, 2.05) is 0 Å². The molecule has 0 saturated carbocycles. The highest BCUT2D eigenvalue weighted by Gasteiger charge is 2.36. The summed E-state index contributed by atoms with van der Waals surface area (Å²) in [5.41, 5.74) is 5.74. The second-order valence-electron chi connectivity index (χ2n) is 5.09. The highest BCUT2D eigenvalue weighted by molar-refractivity contribution is 6.35. The van der Waals surface area contributed by atoms with Crippen LogP contribution in [0.25, 0.3) is 0 Å². The maximum atomic E-state index is 6.20. The number of likely N-dealkylation sites (N-methyl/N-ethyl adjacent to an activating group) is 1. The lowest BCUT2D eigenvalue weighted by molar-refractivity contribution is -0.0687. The zero-order valence-electron chi connectivity index (χ0n) is 10.9. The van der Waals surface area contributed by atoms with Crippen LogP contribution in [-0.2, 0) is 4.74 Å². The molecule has 7 heteroatoms. The third kappa shape index (κ3) is 2.35. The van der Waals surface area contributed by atoms with E-state index < -0.39 is 0 Å². The fourth-order valence-corrected chi connectivity index (χ4v) is 3.05. The van der Waals surface area contributed by atoms with E-state index in [2.05, 4.69) is 26.8 Å². The van der Waals surface area contributed by atoms with Gasteiger partial charge in [0, 0.05) is 19.6 Å². The first kappa shape index (κ1) is 12.9. The highest BCUT2D eigenvalue weighted by Crippen LogP contribution is 2.31. The first-order chi connectivity index (χ1) is 9.16. The van der Waals surface area contributed by atoms with Gasteiger partial charge >= 0.3 is 0 Å². The summed E-state index contributed by atoms with van der Waals surface area (Å²) in [7, 11) is 2.14. The van der Waals surface area contributed by atoms with Gasteiger partial charge < -0.3 is 15.4 Å². The Morgan fingerprint density at radius 3 is 3.11 bits per heavy atom. The van der Waals surface area contributed by atoms with Crippen LogP contribution in [0.2, 0.25) is 5.02 Å². The minimum absolute atomic E-state index is 0.313. The fraction of sp³-hybridized carbons (Fsp3) is 0.667. The van der Waals surface area contributed by atoms with Gasteiger partial charge in [-0.25, -0.2) is 9.97 Å². The lowest BCUT2D eigenvalue weighted by Crippen LogP contribution is -2.59. The maximum absolute atomic E-state index is 6.20. The predicted molar refractivity (Wildman–Crippen MR) is 74.4 cm³/mol. The van der Waals surface area contributed by atoms with Crippen LogP contribution < -0.4 is 10.6 Å². The Morgan fingerprint density at radius 2 is 2.26 bits per heavy atom. The fourth-order valence-electron chi connectivity index (χ4n) is 2.83. The number of hydrogen-bond donors (Lipinski definition) is 1. The van der Waals surface area contributed by atoms with Crippen LogP contribution in [0.1, 0.15) is 6.42 Å². The Morgan fingerprint density at radius 1 is 1.42 bits per heavy atom. The molecule has 2 fully saturated rings. The number of halogens is 1. The van der Waals surface area contributed by atoms with Crippen molar-refractivity contribution in [1.82, 2.24) is 14.9 Å². The molecule has 0 unspecified atom stereocenters. The van der Waals surface area contributed by atoms with Gasteiger partial charge in [-0.2, -0.15) is 0 Å². The minimum atomic E-state index is 0.313. The third-order valence-electron chi connectivity index (χ3n) is 3.96. The molecule has 0 bridgehead atoms. The summed E-state index contributed by atoms with van der Waals surface area (Å²) in [5, 5.41) is 0.445. The summed E-state index contributed by atoms with van der Waals surface area (Å²) in [6, 6.07) is 0.384. The van der Waals surface area contributed by atoms with Crippen molar-refractivity contribution in [3.63, 3.8) is 0 Å². The molecule has 0 spiro atoms. The average molecular weight is 284 g/mol. The molecule has 1 aromatic rings. The largest absolute Gasteiger partial charge is 0.382 e. The molecule has 0 amide bonds. The summed E-state index contributed by atoms with van der Waals surface area (Å²) in [6.07, 6.45) is 2.76. The van der Waals surface area contributed by atoms with E-state index in [1.54, 1.807) is 0 Å². The van der Waals surface area contributed by atoms with Crippen LogP contribution in [0, 0.1) is 0 Å². The van der Waals surface area contributed by atoms with E-state index in [9.17, 15) is 0 Å². The summed E-state index contributed by atoms with van der Waals surface area (Å²) in [5.74, 6) is 1.06. The smallest absolute Gasteiger partial charge is 0.153 e. The van der Waals surface area contributed by atoms with Crippen molar-refractivity contribution in [2.24, 2.45) is 0 Å². The van der Waals surface area contributed by atoms with Gasteiger partial charge in [0.05, 0.1) is 18.8 Å². The molecule has 0 aliphatic carbocycles. The van der Waals surface area contributed by atoms with Crippen LogP contribution in [0.5, 0.6) is 0 Å². The molecule has 3 heterocycles. The van der Waals surface area contributed by atoms with Gasteiger partial charge in [0.15, 0.2) is 5.82 Å². The van der Waals surface area contributed by atoms with Gasteiger partial charge in [-0.1, -0.05) is 11.6 Å². The zero-order chi connectivity index (χ0) is 13.4. The van der Waals surface area contributed by atoms with Crippen molar-refractivity contribution in [2.75, 3.05) is 43.9 Å². The van der Waals surface area contributed by atoms with Crippen LogP contribution in [-0.4, -0.2) is 60.3 Å². The standard InChI is InChI=1S/C12H18ClN5O/c1-17-4-5-19-9-2-3-18(6-8(9)17)12-10(13)11(14)15-7-16-12/h7-9H,2-6H2,1H3,(H2,14,15,16)/t8-,9-/m1/s1. The molecule has 2 aliphatic heterocycles. The monoisotopic (exact) mass is 283 g/mol. The number of nitrogen functional groups attached to an aromatic ring is 1. The molecule has 3 rings (SSSR count). The normalized spacial score (nSPS) is 28.2. The molecular weight excluding hydrogens is 266 g/mol. The number of nitrogens with two attached hydrogens (primary N) is 1. The van der Waals surface area contributed by atoms with Crippen LogP contribution in [0.3, 0.4) is 0 Å². The topological polar surface area (TPSA) is 67.5 Å². The zero-order valence-corrected chi connectivity index (χ0v) is 11.7. The van der Waals surface area contributed by atoms with E-state index in [-0.39, 0.29) is 0 Å². The summed E-state index contributed by atoms with van der Waals surface area (Å²) >= 11 is 6.20. The van der Waals surface area contributed by atoms with Crippen molar-refractivity contribution in [3.8, 4) is 0 Å². The molecule has 104 valence electrons. The summed E-state index contributed by atoms with van der Waals surface area (Å²) in [4.78, 5) is 12.7. The van der Waals surface area contributed by atoms with Crippen molar-refractivity contribution in [1.29, 1.82) is 0 Å². The van der Waals surface area contributed by atoms with Gasteiger partial charge in [-0.05, 0) is 13.5 Å². The number of fused-ring (bicyclic) bond motifs is 1. The van der Waals surface area contributed by atoms with Crippen molar-refractivity contribution in [2.45, 2.75) is 18.6 Å². The first-order valence-corrected chi connectivity index (χ1v) is 6.87. The molecule has 2 N–H and O–H groups in total. The number of ether oxygens (including phenoxy) is 1. The highest BCUT2D eigenvalue weighted by atomic mass is 35.5. The molecule has 0 radical (unpaired) electrons. The quantitative estimate of drug-likeness (QED) is 0.815. The number of hydrogen-bond acceptors (Lipinski definition) is 6. The second kappa shape index (κ2) is 5.11. The average Bonchev–Trinajstić information content (AvgIpc) is 2.42. The van der Waals surface area contributed by atoms with Gasteiger partial charge in [0.1, 0.15) is 17.2 Å². The second-order valence-corrected chi connectivity index (χ2v) is 5.47. The third-order valence-corrected chi connectivity index (χ3v) is 4.32. The molecule has 6 nitrogen and oxygen atoms in total. The summed E-state index contributed by atoms with van der Waals surface area (Å²) < 4.78 is 5.83. The van der Waals surface area contributed by atoms with E-state index in [0.29, 0.717) is 23.0 Å². The maximum Gasteiger partial charge on any atom is 0.153 e. The SMILES string of the molecule is CN1CCO[C@@H]2CCN(c3ncnc(N)c3Cl)C[C@H]21. The number of nitrogens with zero attached hydrogens (tertiary/aromatic N) is 4. The molecular formula is C12H18ClN5O.